The zero-order chi connectivity index (χ0) is 14.9. The van der Waals surface area contributed by atoms with Crippen LogP contribution in [-0.2, 0) is 11.3 Å². The minimum atomic E-state index is 0.0139. The fourth-order valence-corrected chi connectivity index (χ4v) is 2.97. The Bertz CT molecular complexity index is 807. The highest BCUT2D eigenvalue weighted by Gasteiger charge is 2.25. The monoisotopic (exact) mass is 295 g/mol. The summed E-state index contributed by atoms with van der Waals surface area (Å²) in [6, 6.07) is 11.2. The van der Waals surface area contributed by atoms with Crippen LogP contribution in [0.4, 0.5) is 0 Å². The molecule has 4 rings (SSSR count). The average Bonchev–Trinajstić information content (AvgIpc) is 3.17. The van der Waals surface area contributed by atoms with E-state index in [1.54, 1.807) is 12.3 Å². The first-order valence-corrected chi connectivity index (χ1v) is 7.52. The van der Waals surface area contributed by atoms with Crippen molar-refractivity contribution in [2.24, 2.45) is 0 Å². The van der Waals surface area contributed by atoms with Crippen LogP contribution in [0.2, 0.25) is 0 Å². The van der Waals surface area contributed by atoms with Gasteiger partial charge in [0.15, 0.2) is 5.65 Å². The highest BCUT2D eigenvalue weighted by Crippen LogP contribution is 2.31. The van der Waals surface area contributed by atoms with Gasteiger partial charge in [-0.3, -0.25) is 0 Å². The average molecular weight is 295 g/mol. The normalized spacial score (nSPS) is 18.1. The number of aromatic nitrogens is 3. The molecule has 1 saturated heterocycles. The van der Waals surface area contributed by atoms with E-state index in [9.17, 15) is 5.11 Å². The van der Waals surface area contributed by atoms with Crippen molar-refractivity contribution in [2.75, 3.05) is 6.61 Å². The van der Waals surface area contributed by atoms with E-state index in [0.717, 1.165) is 42.0 Å². The fourth-order valence-electron chi connectivity index (χ4n) is 2.97. The molecular weight excluding hydrogens is 278 g/mol. The van der Waals surface area contributed by atoms with Crippen LogP contribution in [0.5, 0.6) is 5.75 Å². The standard InChI is InChI=1S/C17H17N3O2/c21-14-7-2-1-5-12(14)11-20-16-13(6-3-9-18-16)19-17(20)15-8-4-10-22-15/h1-3,5-7,9,15,21H,4,8,10-11H2. The highest BCUT2D eigenvalue weighted by atomic mass is 16.5. The van der Waals surface area contributed by atoms with Gasteiger partial charge in [0.1, 0.15) is 23.2 Å². The number of nitrogens with zero attached hydrogens (tertiary/aromatic N) is 3. The number of rotatable bonds is 3. The first kappa shape index (κ1) is 13.3. The molecule has 1 aromatic carbocycles. The number of aromatic hydroxyl groups is 1. The van der Waals surface area contributed by atoms with E-state index in [0.29, 0.717) is 12.3 Å². The Kier molecular flexibility index (Phi) is 3.27. The smallest absolute Gasteiger partial charge is 0.160 e. The molecule has 1 atom stereocenters. The van der Waals surface area contributed by atoms with E-state index in [1.807, 2.05) is 30.3 Å². The maximum Gasteiger partial charge on any atom is 0.160 e. The van der Waals surface area contributed by atoms with Crippen LogP contribution in [0.25, 0.3) is 11.2 Å². The summed E-state index contributed by atoms with van der Waals surface area (Å²) in [6.07, 6.45) is 3.81. The third-order valence-corrected chi connectivity index (χ3v) is 4.07. The van der Waals surface area contributed by atoms with E-state index >= 15 is 0 Å². The molecule has 0 amide bonds. The SMILES string of the molecule is Oc1ccccc1Cn1c(C2CCCO2)nc2cccnc21. The van der Waals surface area contributed by atoms with Crippen molar-refractivity contribution < 1.29 is 9.84 Å². The van der Waals surface area contributed by atoms with Gasteiger partial charge in [-0.1, -0.05) is 18.2 Å². The topological polar surface area (TPSA) is 60.2 Å². The maximum absolute atomic E-state index is 10.1. The molecule has 3 heterocycles. The number of para-hydroxylation sites is 1. The number of hydrogen-bond acceptors (Lipinski definition) is 4. The van der Waals surface area contributed by atoms with Gasteiger partial charge < -0.3 is 14.4 Å². The molecule has 1 unspecified atom stereocenters. The molecule has 3 aromatic rings. The molecule has 0 saturated carbocycles. The summed E-state index contributed by atoms with van der Waals surface area (Å²) in [5.41, 5.74) is 2.55. The van der Waals surface area contributed by atoms with Gasteiger partial charge >= 0.3 is 0 Å². The van der Waals surface area contributed by atoms with Crippen molar-refractivity contribution in [3.8, 4) is 5.75 Å². The molecule has 0 radical (unpaired) electrons. The molecule has 1 aliphatic rings. The molecule has 1 N–H and O–H groups in total. The quantitative estimate of drug-likeness (QED) is 0.807. The van der Waals surface area contributed by atoms with E-state index in [2.05, 4.69) is 9.55 Å². The van der Waals surface area contributed by atoms with Crippen LogP contribution in [-0.4, -0.2) is 26.2 Å². The van der Waals surface area contributed by atoms with Crippen LogP contribution in [0, 0.1) is 0 Å². The molecule has 5 nitrogen and oxygen atoms in total. The van der Waals surface area contributed by atoms with Crippen LogP contribution in [0.1, 0.15) is 30.3 Å². The number of pyridine rings is 1. The van der Waals surface area contributed by atoms with Crippen LogP contribution >= 0.6 is 0 Å². The summed E-state index contributed by atoms with van der Waals surface area (Å²) in [6.45, 7) is 1.31. The number of phenols is 1. The Morgan fingerprint density at radius 1 is 1.23 bits per heavy atom. The summed E-state index contributed by atoms with van der Waals surface area (Å²) in [4.78, 5) is 9.18. The van der Waals surface area contributed by atoms with Crippen molar-refractivity contribution in [1.82, 2.24) is 14.5 Å². The molecule has 22 heavy (non-hydrogen) atoms. The van der Waals surface area contributed by atoms with Crippen molar-refractivity contribution in [1.29, 1.82) is 0 Å². The lowest BCUT2D eigenvalue weighted by molar-refractivity contribution is 0.102. The first-order valence-electron chi connectivity index (χ1n) is 7.52. The Morgan fingerprint density at radius 3 is 2.95 bits per heavy atom. The first-order chi connectivity index (χ1) is 10.8. The van der Waals surface area contributed by atoms with E-state index in [-0.39, 0.29) is 6.10 Å². The molecule has 1 fully saturated rings. The molecule has 0 spiro atoms. The molecule has 0 aliphatic carbocycles. The Balaban J connectivity index is 1.83. The molecule has 0 bridgehead atoms. The fraction of sp³-hybridized carbons (Fsp3) is 0.294. The van der Waals surface area contributed by atoms with Gasteiger partial charge in [-0.2, -0.15) is 0 Å². The third-order valence-electron chi connectivity index (χ3n) is 4.07. The van der Waals surface area contributed by atoms with Crippen LogP contribution in [0.15, 0.2) is 42.6 Å². The van der Waals surface area contributed by atoms with Gasteiger partial charge in [0.2, 0.25) is 0 Å². The predicted molar refractivity (Wildman–Crippen MR) is 82.7 cm³/mol. The summed E-state index contributed by atoms with van der Waals surface area (Å²) in [5, 5.41) is 10.1. The van der Waals surface area contributed by atoms with Gasteiger partial charge in [0.25, 0.3) is 0 Å². The summed E-state index contributed by atoms with van der Waals surface area (Å²) in [5.74, 6) is 1.19. The van der Waals surface area contributed by atoms with Gasteiger partial charge in [0.05, 0.1) is 6.54 Å². The zero-order valence-electron chi connectivity index (χ0n) is 12.1. The number of benzene rings is 1. The Labute approximate surface area is 128 Å². The summed E-state index contributed by atoms with van der Waals surface area (Å²) < 4.78 is 7.86. The maximum atomic E-state index is 10.1. The van der Waals surface area contributed by atoms with Crippen molar-refractivity contribution in [2.45, 2.75) is 25.5 Å². The number of imidazole rings is 1. The van der Waals surface area contributed by atoms with E-state index in [4.69, 9.17) is 9.72 Å². The number of ether oxygens (including phenoxy) is 1. The van der Waals surface area contributed by atoms with Crippen molar-refractivity contribution in [3.63, 3.8) is 0 Å². The lowest BCUT2D eigenvalue weighted by Crippen LogP contribution is -2.10. The number of hydrogen-bond donors (Lipinski definition) is 1. The molecule has 5 heteroatoms. The predicted octanol–water partition coefficient (Wildman–Crippen LogP) is 3.04. The second-order valence-corrected chi connectivity index (χ2v) is 5.53. The summed E-state index contributed by atoms with van der Waals surface area (Å²) in [7, 11) is 0. The van der Waals surface area contributed by atoms with Gasteiger partial charge in [0, 0.05) is 18.4 Å². The van der Waals surface area contributed by atoms with Crippen LogP contribution in [0.3, 0.4) is 0 Å². The molecule has 2 aromatic heterocycles. The van der Waals surface area contributed by atoms with Gasteiger partial charge in [-0.05, 0) is 31.0 Å². The summed E-state index contributed by atoms with van der Waals surface area (Å²) >= 11 is 0. The van der Waals surface area contributed by atoms with Gasteiger partial charge in [-0.25, -0.2) is 9.97 Å². The lowest BCUT2D eigenvalue weighted by atomic mass is 10.2. The Morgan fingerprint density at radius 2 is 2.14 bits per heavy atom. The minimum Gasteiger partial charge on any atom is -0.508 e. The second-order valence-electron chi connectivity index (χ2n) is 5.53. The third kappa shape index (κ3) is 2.23. The zero-order valence-corrected chi connectivity index (χ0v) is 12.1. The van der Waals surface area contributed by atoms with Gasteiger partial charge in [-0.15, -0.1) is 0 Å². The Hall–Kier alpha value is -2.40. The number of phenolic OH excluding ortho intramolecular Hbond substituents is 1. The van der Waals surface area contributed by atoms with E-state index < -0.39 is 0 Å². The second kappa shape index (κ2) is 5.42. The van der Waals surface area contributed by atoms with Crippen molar-refractivity contribution in [3.05, 3.63) is 54.0 Å². The van der Waals surface area contributed by atoms with E-state index in [1.165, 1.54) is 0 Å². The number of fused-ring (bicyclic) bond motifs is 1. The molecule has 112 valence electrons. The largest absolute Gasteiger partial charge is 0.508 e. The lowest BCUT2D eigenvalue weighted by Gasteiger charge is -2.13. The minimum absolute atomic E-state index is 0.0139. The highest BCUT2D eigenvalue weighted by molar-refractivity contribution is 5.71. The molecular formula is C17H17N3O2. The van der Waals surface area contributed by atoms with Crippen molar-refractivity contribution >= 4 is 11.2 Å². The molecule has 1 aliphatic heterocycles. The van der Waals surface area contributed by atoms with Crippen LogP contribution < -0.4 is 0 Å².